The lowest BCUT2D eigenvalue weighted by Crippen LogP contribution is -2.30. The van der Waals surface area contributed by atoms with Crippen molar-refractivity contribution < 1.29 is 80.2 Å². The van der Waals surface area contributed by atoms with Crippen molar-refractivity contribution in [3.05, 3.63) is 0 Å². The monoisotopic (exact) mass is 1240 g/mol. The summed E-state index contributed by atoms with van der Waals surface area (Å²) in [5.74, 6) is -1.42. The van der Waals surface area contributed by atoms with Crippen molar-refractivity contribution in [3.63, 3.8) is 0 Å². The standard InChI is InChI=1S/C65H126O17P2/c1-6-10-13-16-18-20-22-24-25-26-28-30-32-34-40-45-50-64(69)81-61(55-76-63(68)49-44-39-33-31-29-27-23-21-19-17-14-11-7-2)57-80-84(73,74)78-53-59(66)52-77-83(71,72)79-56-60(54-75-62(67)48-43-37-15-12-8-3)82-65(70)51-46-41-36-35-38-42-47-58(5)9-4/h58-61,66H,6-57H2,1-5H3,(H,71,72)(H,73,74)/t58?,59-,60+,61+/m0/s1. The Balaban J connectivity index is 5.17. The van der Waals surface area contributed by atoms with Gasteiger partial charge in [-0.05, 0) is 31.6 Å². The predicted octanol–water partition coefficient (Wildman–Crippen LogP) is 18.2. The Labute approximate surface area is 511 Å². The highest BCUT2D eigenvalue weighted by atomic mass is 31.2. The molecule has 0 fully saturated rings. The molecule has 0 saturated carbocycles. The first-order valence-electron chi connectivity index (χ1n) is 34.2. The Morgan fingerprint density at radius 1 is 0.333 bits per heavy atom. The molecule has 0 aliphatic rings. The van der Waals surface area contributed by atoms with Crippen molar-refractivity contribution in [3.8, 4) is 0 Å². The summed E-state index contributed by atoms with van der Waals surface area (Å²) in [5.41, 5.74) is 0. The van der Waals surface area contributed by atoms with Crippen LogP contribution < -0.4 is 0 Å². The number of aliphatic hydroxyl groups excluding tert-OH is 1. The normalized spacial score (nSPS) is 14.5. The molecule has 0 aliphatic heterocycles. The van der Waals surface area contributed by atoms with Gasteiger partial charge >= 0.3 is 39.5 Å². The minimum Gasteiger partial charge on any atom is -0.462 e. The van der Waals surface area contributed by atoms with Crippen LogP contribution in [-0.2, 0) is 65.4 Å². The van der Waals surface area contributed by atoms with Gasteiger partial charge in [-0.25, -0.2) is 9.13 Å². The van der Waals surface area contributed by atoms with Crippen molar-refractivity contribution in [1.82, 2.24) is 0 Å². The Morgan fingerprint density at radius 2 is 0.571 bits per heavy atom. The molecule has 17 nitrogen and oxygen atoms in total. The smallest absolute Gasteiger partial charge is 0.462 e. The Bertz CT molecular complexity index is 1640. The number of aliphatic hydroxyl groups is 1. The first kappa shape index (κ1) is 82.1. The number of hydrogen-bond donors (Lipinski definition) is 3. The lowest BCUT2D eigenvalue weighted by Gasteiger charge is -2.21. The molecule has 3 unspecified atom stereocenters. The number of hydrogen-bond acceptors (Lipinski definition) is 15. The van der Waals surface area contributed by atoms with Crippen LogP contribution in [-0.4, -0.2) is 96.7 Å². The van der Waals surface area contributed by atoms with E-state index in [0.29, 0.717) is 25.7 Å². The number of phosphoric acid groups is 2. The van der Waals surface area contributed by atoms with E-state index >= 15 is 0 Å². The van der Waals surface area contributed by atoms with Crippen LogP contribution in [0.3, 0.4) is 0 Å². The molecule has 0 spiro atoms. The van der Waals surface area contributed by atoms with Gasteiger partial charge in [0.1, 0.15) is 19.3 Å². The summed E-state index contributed by atoms with van der Waals surface area (Å²) in [5, 5.41) is 10.5. The van der Waals surface area contributed by atoms with Gasteiger partial charge in [0.05, 0.1) is 26.4 Å². The molecule has 498 valence electrons. The van der Waals surface area contributed by atoms with Crippen LogP contribution in [0.5, 0.6) is 0 Å². The number of rotatable bonds is 65. The molecule has 3 N–H and O–H groups in total. The fourth-order valence-electron chi connectivity index (χ4n) is 9.73. The van der Waals surface area contributed by atoms with E-state index in [1.165, 1.54) is 148 Å². The van der Waals surface area contributed by atoms with Crippen molar-refractivity contribution >= 4 is 39.5 Å². The van der Waals surface area contributed by atoms with Crippen molar-refractivity contribution in [2.24, 2.45) is 5.92 Å². The molecule has 0 rings (SSSR count). The second-order valence-electron chi connectivity index (χ2n) is 23.7. The van der Waals surface area contributed by atoms with Crippen LogP contribution in [0.1, 0.15) is 330 Å². The third-order valence-electron chi connectivity index (χ3n) is 15.4. The lowest BCUT2D eigenvalue weighted by atomic mass is 10.00. The van der Waals surface area contributed by atoms with E-state index in [-0.39, 0.29) is 25.7 Å². The molecule has 0 radical (unpaired) electrons. The van der Waals surface area contributed by atoms with Crippen LogP contribution >= 0.6 is 15.6 Å². The summed E-state index contributed by atoms with van der Waals surface area (Å²) < 4.78 is 67.9. The van der Waals surface area contributed by atoms with Gasteiger partial charge in [-0.3, -0.25) is 37.3 Å². The van der Waals surface area contributed by atoms with E-state index in [9.17, 15) is 43.2 Å². The highest BCUT2D eigenvalue weighted by molar-refractivity contribution is 7.47. The van der Waals surface area contributed by atoms with Crippen molar-refractivity contribution in [1.29, 1.82) is 0 Å². The van der Waals surface area contributed by atoms with Crippen molar-refractivity contribution in [2.75, 3.05) is 39.6 Å². The summed E-state index contributed by atoms with van der Waals surface area (Å²) >= 11 is 0. The van der Waals surface area contributed by atoms with Gasteiger partial charge < -0.3 is 33.8 Å². The molecule has 0 bridgehead atoms. The molecule has 19 heteroatoms. The molecule has 0 aromatic heterocycles. The summed E-state index contributed by atoms with van der Waals surface area (Å²) in [6, 6.07) is 0. The fourth-order valence-corrected chi connectivity index (χ4v) is 11.3. The predicted molar refractivity (Wildman–Crippen MR) is 335 cm³/mol. The molecule has 0 aromatic rings. The van der Waals surface area contributed by atoms with E-state index in [1.807, 2.05) is 0 Å². The van der Waals surface area contributed by atoms with Crippen LogP contribution in [0.4, 0.5) is 0 Å². The van der Waals surface area contributed by atoms with Gasteiger partial charge in [0.15, 0.2) is 12.2 Å². The highest BCUT2D eigenvalue weighted by Crippen LogP contribution is 2.45. The van der Waals surface area contributed by atoms with Crippen LogP contribution in [0.2, 0.25) is 0 Å². The van der Waals surface area contributed by atoms with Crippen LogP contribution in [0.25, 0.3) is 0 Å². The average molecular weight is 1240 g/mol. The zero-order chi connectivity index (χ0) is 62.0. The number of esters is 4. The first-order chi connectivity index (χ1) is 40.6. The molecule has 0 aliphatic carbocycles. The fraction of sp³-hybridized carbons (Fsp3) is 0.938. The number of unbranched alkanes of at least 4 members (excludes halogenated alkanes) is 36. The molecule has 6 atom stereocenters. The Kier molecular flexibility index (Phi) is 57.4. The van der Waals surface area contributed by atoms with E-state index in [4.69, 9.17) is 37.0 Å². The molecular weight excluding hydrogens is 1110 g/mol. The highest BCUT2D eigenvalue weighted by Gasteiger charge is 2.30. The number of carbonyl (C=O) groups is 4. The maximum Gasteiger partial charge on any atom is 0.472 e. The first-order valence-corrected chi connectivity index (χ1v) is 37.2. The van der Waals surface area contributed by atoms with Gasteiger partial charge in [0.25, 0.3) is 0 Å². The largest absolute Gasteiger partial charge is 0.472 e. The summed E-state index contributed by atoms with van der Waals surface area (Å²) in [6.45, 7) is 7.07. The summed E-state index contributed by atoms with van der Waals surface area (Å²) in [4.78, 5) is 72.0. The van der Waals surface area contributed by atoms with Gasteiger partial charge in [0, 0.05) is 25.7 Å². The molecule has 0 saturated heterocycles. The Morgan fingerprint density at radius 3 is 0.845 bits per heavy atom. The van der Waals surface area contributed by atoms with Crippen molar-refractivity contribution in [2.45, 2.75) is 348 Å². The lowest BCUT2D eigenvalue weighted by molar-refractivity contribution is -0.161. The molecule has 0 heterocycles. The number of ether oxygens (including phenoxy) is 4. The Hall–Kier alpha value is -1.94. The van der Waals surface area contributed by atoms with E-state index in [2.05, 4.69) is 34.6 Å². The second-order valence-corrected chi connectivity index (χ2v) is 26.7. The van der Waals surface area contributed by atoms with Gasteiger partial charge in [-0.1, -0.05) is 279 Å². The third-order valence-corrected chi connectivity index (χ3v) is 17.3. The second kappa shape index (κ2) is 58.7. The average Bonchev–Trinajstić information content (AvgIpc) is 3.58. The van der Waals surface area contributed by atoms with Gasteiger partial charge in [-0.15, -0.1) is 0 Å². The third kappa shape index (κ3) is 57.8. The maximum atomic E-state index is 13.0. The topological polar surface area (TPSA) is 237 Å². The number of phosphoric ester groups is 2. The zero-order valence-corrected chi connectivity index (χ0v) is 55.8. The summed E-state index contributed by atoms with van der Waals surface area (Å²) in [6.07, 6.45) is 43.4. The number of carbonyl (C=O) groups excluding carboxylic acids is 4. The molecular formula is C65H126O17P2. The molecule has 0 aromatic carbocycles. The zero-order valence-electron chi connectivity index (χ0n) is 54.0. The van der Waals surface area contributed by atoms with E-state index < -0.39 is 97.5 Å². The molecule has 0 amide bonds. The van der Waals surface area contributed by atoms with E-state index in [1.54, 1.807) is 0 Å². The van der Waals surface area contributed by atoms with Gasteiger partial charge in [-0.2, -0.15) is 0 Å². The minimum absolute atomic E-state index is 0.102. The van der Waals surface area contributed by atoms with Gasteiger partial charge in [0.2, 0.25) is 0 Å². The summed E-state index contributed by atoms with van der Waals surface area (Å²) in [7, 11) is -9.88. The maximum absolute atomic E-state index is 13.0. The van der Waals surface area contributed by atoms with E-state index in [0.717, 1.165) is 102 Å². The van der Waals surface area contributed by atoms with Crippen LogP contribution in [0.15, 0.2) is 0 Å². The quantitative estimate of drug-likeness (QED) is 0.0222. The SMILES string of the molecule is CCCCCCCCCCCCCCCCCCC(=O)O[C@H](COC(=O)CCCCCCCCCCCCCCC)COP(=O)(O)OC[C@@H](O)COP(=O)(O)OC[C@@H](COC(=O)CCCCCCC)OC(=O)CCCCCCCCC(C)CC. The molecule has 84 heavy (non-hydrogen) atoms. The minimum atomic E-state index is -4.94. The van der Waals surface area contributed by atoms with Crippen LogP contribution in [0, 0.1) is 5.92 Å².